The van der Waals surface area contributed by atoms with Crippen molar-refractivity contribution in [3.63, 3.8) is 0 Å². The first kappa shape index (κ1) is 27.5. The van der Waals surface area contributed by atoms with Crippen LogP contribution in [0.1, 0.15) is 47.7 Å². The molecule has 7 rings (SSSR count). The zero-order valence-electron chi connectivity index (χ0n) is 24.9. The van der Waals surface area contributed by atoms with Crippen LogP contribution in [-0.4, -0.2) is 27.3 Å². The van der Waals surface area contributed by atoms with E-state index in [1.54, 1.807) is 0 Å². The molecule has 1 aromatic heterocycles. The number of rotatable bonds is 8. The maximum Gasteiger partial charge on any atom is 0.322 e. The number of fused-ring (bicyclic) bond motifs is 2. The summed E-state index contributed by atoms with van der Waals surface area (Å²) in [5.41, 5.74) is 6.40. The molecule has 1 aliphatic rings. The molecule has 2 amide bonds. The van der Waals surface area contributed by atoms with Crippen LogP contribution in [0.2, 0.25) is 0 Å². The Kier molecular flexibility index (Phi) is 7.10. The van der Waals surface area contributed by atoms with Gasteiger partial charge in [0.15, 0.2) is 5.82 Å². The van der Waals surface area contributed by atoms with Gasteiger partial charge in [-0.3, -0.25) is 0 Å². The molecule has 0 saturated carbocycles. The van der Waals surface area contributed by atoms with E-state index in [9.17, 15) is 4.79 Å². The number of aromatic nitrogens is 2. The highest BCUT2D eigenvalue weighted by Gasteiger charge is 2.41. The predicted molar refractivity (Wildman–Crippen MR) is 178 cm³/mol. The van der Waals surface area contributed by atoms with Gasteiger partial charge in [-0.1, -0.05) is 121 Å². The maximum absolute atomic E-state index is 13.5. The number of benzene rings is 5. The highest BCUT2D eigenvalue weighted by molar-refractivity contribution is 5.99. The van der Waals surface area contributed by atoms with Crippen LogP contribution in [0.4, 0.5) is 16.3 Å². The second-order valence-corrected chi connectivity index (χ2v) is 11.3. The Hall–Kier alpha value is -5.36. The van der Waals surface area contributed by atoms with Gasteiger partial charge < -0.3 is 15.5 Å². The van der Waals surface area contributed by atoms with E-state index < -0.39 is 5.54 Å². The van der Waals surface area contributed by atoms with Gasteiger partial charge in [-0.05, 0) is 53.8 Å². The lowest BCUT2D eigenvalue weighted by Crippen LogP contribution is -2.40. The van der Waals surface area contributed by atoms with Crippen molar-refractivity contribution < 1.29 is 4.79 Å². The van der Waals surface area contributed by atoms with Crippen LogP contribution in [0.5, 0.6) is 0 Å². The summed E-state index contributed by atoms with van der Waals surface area (Å²) in [5, 5.41) is 13.1. The van der Waals surface area contributed by atoms with Crippen molar-refractivity contribution in [2.24, 2.45) is 0 Å². The Bertz CT molecular complexity index is 1810. The fourth-order valence-corrected chi connectivity index (χ4v) is 6.58. The van der Waals surface area contributed by atoms with Crippen LogP contribution in [0.25, 0.3) is 10.9 Å². The number of nitrogens with one attached hydrogen (secondary N) is 2. The van der Waals surface area contributed by atoms with Crippen molar-refractivity contribution in [3.05, 3.63) is 161 Å². The van der Waals surface area contributed by atoms with E-state index >= 15 is 0 Å². The highest BCUT2D eigenvalue weighted by Crippen LogP contribution is 2.45. The number of anilines is 2. The molecule has 6 nitrogen and oxygen atoms in total. The van der Waals surface area contributed by atoms with Gasteiger partial charge in [0.2, 0.25) is 0 Å². The largest absolute Gasteiger partial charge is 0.368 e. The van der Waals surface area contributed by atoms with Crippen LogP contribution in [0.3, 0.4) is 0 Å². The topological polar surface area (TPSA) is 62.2 Å². The first-order valence-electron chi connectivity index (χ1n) is 15.2. The number of carbonyl (C=O) groups excluding carboxylic acids is 1. The number of amides is 2. The second-order valence-electron chi connectivity index (χ2n) is 11.3. The van der Waals surface area contributed by atoms with Crippen LogP contribution in [0, 0.1) is 0 Å². The van der Waals surface area contributed by atoms with Crippen molar-refractivity contribution in [2.75, 3.05) is 17.2 Å². The minimum atomic E-state index is -0.781. The SMILES string of the molecule is CCNc1nn(C(c2ccccc2)(c2ccccc2)c2ccccc2)c2cc3c(cc12)CN(C(C)c1ccccc1)C(=O)N3. The van der Waals surface area contributed by atoms with E-state index in [0.29, 0.717) is 6.54 Å². The van der Waals surface area contributed by atoms with Crippen LogP contribution >= 0.6 is 0 Å². The first-order valence-corrected chi connectivity index (χ1v) is 15.2. The summed E-state index contributed by atoms with van der Waals surface area (Å²) < 4.78 is 2.14. The Morgan fingerprint density at radius 2 is 1.32 bits per heavy atom. The lowest BCUT2D eigenvalue weighted by atomic mass is 9.77. The molecule has 0 saturated heterocycles. The molecule has 0 fully saturated rings. The molecule has 6 heteroatoms. The van der Waals surface area contributed by atoms with Crippen molar-refractivity contribution in [1.82, 2.24) is 14.7 Å². The molecule has 1 unspecified atom stereocenters. The highest BCUT2D eigenvalue weighted by atomic mass is 16.2. The number of hydrogen-bond acceptors (Lipinski definition) is 3. The van der Waals surface area contributed by atoms with Crippen molar-refractivity contribution >= 4 is 28.4 Å². The molecule has 2 N–H and O–H groups in total. The molecule has 1 aliphatic heterocycles. The average Bonchev–Trinajstić information content (AvgIpc) is 3.42. The minimum Gasteiger partial charge on any atom is -0.368 e. The van der Waals surface area contributed by atoms with Crippen LogP contribution < -0.4 is 10.6 Å². The molecule has 0 bridgehead atoms. The zero-order chi connectivity index (χ0) is 30.1. The maximum atomic E-state index is 13.5. The summed E-state index contributed by atoms with van der Waals surface area (Å²) in [4.78, 5) is 15.4. The number of hydrogen-bond donors (Lipinski definition) is 2. The smallest absolute Gasteiger partial charge is 0.322 e. The summed E-state index contributed by atoms with van der Waals surface area (Å²) in [5.74, 6) is 0.817. The zero-order valence-corrected chi connectivity index (χ0v) is 24.9. The molecule has 0 aliphatic carbocycles. The number of carbonyl (C=O) groups is 1. The van der Waals surface area contributed by atoms with E-state index in [0.717, 1.165) is 56.8 Å². The Morgan fingerprint density at radius 1 is 0.795 bits per heavy atom. The standard InChI is InChI=1S/C38H35N5O/c1-3-39-36-33-24-29-26-42(27(2)28-16-8-4-9-17-28)37(44)40-34(29)25-35(33)43(41-36)38(30-18-10-5-11-19-30,31-20-12-6-13-21-31)32-22-14-7-15-23-32/h4-25,27H,3,26H2,1-2H3,(H,39,41)(H,40,44). The first-order chi connectivity index (χ1) is 21.6. The molecule has 0 radical (unpaired) electrons. The third kappa shape index (κ3) is 4.51. The molecule has 44 heavy (non-hydrogen) atoms. The minimum absolute atomic E-state index is 0.0714. The summed E-state index contributed by atoms with van der Waals surface area (Å²) >= 11 is 0. The summed E-state index contributed by atoms with van der Waals surface area (Å²) in [6.07, 6.45) is 0. The van der Waals surface area contributed by atoms with Crippen LogP contribution in [-0.2, 0) is 12.1 Å². The fourth-order valence-electron chi connectivity index (χ4n) is 6.58. The molecular weight excluding hydrogens is 542 g/mol. The quantitative estimate of drug-likeness (QED) is 0.179. The van der Waals surface area contributed by atoms with E-state index in [1.807, 2.05) is 41.3 Å². The average molecular weight is 578 g/mol. The third-order valence-corrected chi connectivity index (χ3v) is 8.73. The Balaban J connectivity index is 1.47. The van der Waals surface area contributed by atoms with Gasteiger partial charge in [-0.15, -0.1) is 0 Å². The summed E-state index contributed by atoms with van der Waals surface area (Å²) in [6, 6.07) is 45.9. The van der Waals surface area contributed by atoms with Crippen LogP contribution in [0.15, 0.2) is 133 Å². The predicted octanol–water partition coefficient (Wildman–Crippen LogP) is 8.42. The van der Waals surface area contributed by atoms with E-state index in [-0.39, 0.29) is 12.1 Å². The normalized spacial score (nSPS) is 13.8. The molecule has 0 spiro atoms. The van der Waals surface area contributed by atoms with E-state index in [1.165, 1.54) is 0 Å². The van der Waals surface area contributed by atoms with Gasteiger partial charge in [0.1, 0.15) is 5.54 Å². The fraction of sp³-hybridized carbons (Fsp3) is 0.158. The molecule has 2 heterocycles. The lowest BCUT2D eigenvalue weighted by Gasteiger charge is -2.37. The molecule has 218 valence electrons. The van der Waals surface area contributed by atoms with Crippen molar-refractivity contribution in [2.45, 2.75) is 32.0 Å². The van der Waals surface area contributed by atoms with Crippen molar-refractivity contribution in [1.29, 1.82) is 0 Å². The van der Waals surface area contributed by atoms with E-state index in [4.69, 9.17) is 5.10 Å². The molecule has 5 aromatic carbocycles. The number of nitrogens with zero attached hydrogens (tertiary/aromatic N) is 3. The summed E-state index contributed by atoms with van der Waals surface area (Å²) in [6.45, 7) is 5.40. The number of urea groups is 1. The van der Waals surface area contributed by atoms with E-state index in [2.05, 4.69) is 126 Å². The monoisotopic (exact) mass is 577 g/mol. The van der Waals surface area contributed by atoms with Gasteiger partial charge in [0.25, 0.3) is 0 Å². The lowest BCUT2D eigenvalue weighted by molar-refractivity contribution is 0.186. The third-order valence-electron chi connectivity index (χ3n) is 8.73. The summed E-state index contributed by atoms with van der Waals surface area (Å²) in [7, 11) is 0. The van der Waals surface area contributed by atoms with Gasteiger partial charge in [-0.2, -0.15) is 5.10 Å². The van der Waals surface area contributed by atoms with Crippen molar-refractivity contribution in [3.8, 4) is 0 Å². The van der Waals surface area contributed by atoms with Gasteiger partial charge >= 0.3 is 6.03 Å². The van der Waals surface area contributed by atoms with Gasteiger partial charge in [-0.25, -0.2) is 9.48 Å². The Labute approximate surface area is 258 Å². The molecule has 6 aromatic rings. The molecular formula is C38H35N5O. The van der Waals surface area contributed by atoms with Gasteiger partial charge in [0.05, 0.1) is 18.1 Å². The van der Waals surface area contributed by atoms with Gasteiger partial charge in [0, 0.05) is 17.6 Å². The second kappa shape index (κ2) is 11.4. The Morgan fingerprint density at radius 3 is 1.84 bits per heavy atom. The molecule has 1 atom stereocenters.